The predicted molar refractivity (Wildman–Crippen MR) is 94.8 cm³/mol. The van der Waals surface area contributed by atoms with Gasteiger partial charge in [0.25, 0.3) is 0 Å². The number of amides is 2. The van der Waals surface area contributed by atoms with Gasteiger partial charge in [-0.15, -0.1) is 0 Å². The molecule has 0 aliphatic carbocycles. The molecule has 0 N–H and O–H groups in total. The molecule has 1 atom stereocenters. The summed E-state index contributed by atoms with van der Waals surface area (Å²) in [6, 6.07) is 6.15. The molecule has 6 heteroatoms. The second kappa shape index (κ2) is 6.75. The minimum atomic E-state index is -0.349. The summed E-state index contributed by atoms with van der Waals surface area (Å²) < 4.78 is 13.6. The average molecular weight is 347 g/mol. The van der Waals surface area contributed by atoms with Crippen molar-refractivity contribution in [3.8, 4) is 0 Å². The van der Waals surface area contributed by atoms with Gasteiger partial charge in [-0.1, -0.05) is 19.9 Å². The quantitative estimate of drug-likeness (QED) is 0.841. The highest BCUT2D eigenvalue weighted by atomic mass is 19.1. The Kier molecular flexibility index (Phi) is 4.82. The highest BCUT2D eigenvalue weighted by molar-refractivity contribution is 5.96. The third-order valence-electron chi connectivity index (χ3n) is 5.32. The number of likely N-dealkylation sites (N-methyl/N-ethyl adjacent to an activating group) is 1. The number of anilines is 1. The summed E-state index contributed by atoms with van der Waals surface area (Å²) in [5.41, 5.74) is 0.330. The Morgan fingerprint density at radius 3 is 2.76 bits per heavy atom. The summed E-state index contributed by atoms with van der Waals surface area (Å²) >= 11 is 0. The summed E-state index contributed by atoms with van der Waals surface area (Å²) in [7, 11) is 1.94. The maximum atomic E-state index is 13.6. The van der Waals surface area contributed by atoms with Crippen molar-refractivity contribution in [1.29, 1.82) is 0 Å². The topological polar surface area (TPSA) is 43.9 Å². The van der Waals surface area contributed by atoms with Gasteiger partial charge in [-0.2, -0.15) is 0 Å². The molecule has 2 aliphatic heterocycles. The zero-order valence-corrected chi connectivity index (χ0v) is 15.2. The van der Waals surface area contributed by atoms with Gasteiger partial charge in [-0.25, -0.2) is 4.39 Å². The number of nitrogens with zero attached hydrogens (tertiary/aromatic N) is 3. The van der Waals surface area contributed by atoms with Crippen molar-refractivity contribution in [3.05, 3.63) is 30.1 Å². The highest BCUT2D eigenvalue weighted by Crippen LogP contribution is 2.34. The van der Waals surface area contributed by atoms with Crippen molar-refractivity contribution < 1.29 is 14.0 Å². The number of rotatable bonds is 3. The second-order valence-corrected chi connectivity index (χ2v) is 7.70. The molecule has 0 saturated carbocycles. The minimum Gasteiger partial charge on any atom is -0.341 e. The third kappa shape index (κ3) is 3.54. The second-order valence-electron chi connectivity index (χ2n) is 7.70. The lowest BCUT2D eigenvalue weighted by atomic mass is 9.92. The molecule has 2 fully saturated rings. The molecule has 25 heavy (non-hydrogen) atoms. The molecular weight excluding hydrogens is 321 g/mol. The average Bonchev–Trinajstić information content (AvgIpc) is 2.96. The van der Waals surface area contributed by atoms with E-state index in [2.05, 4.69) is 4.90 Å². The Bertz CT molecular complexity index is 678. The van der Waals surface area contributed by atoms with Crippen molar-refractivity contribution in [2.45, 2.75) is 32.2 Å². The number of hydrogen-bond donors (Lipinski definition) is 0. The zero-order valence-electron chi connectivity index (χ0n) is 15.2. The van der Waals surface area contributed by atoms with E-state index in [1.165, 1.54) is 12.1 Å². The first-order chi connectivity index (χ1) is 11.8. The van der Waals surface area contributed by atoms with Gasteiger partial charge in [0.05, 0.1) is 12.1 Å². The molecule has 0 aromatic heterocycles. The van der Waals surface area contributed by atoms with Crippen LogP contribution >= 0.6 is 0 Å². The Hall–Kier alpha value is -1.95. The molecule has 1 aromatic carbocycles. The summed E-state index contributed by atoms with van der Waals surface area (Å²) in [6.07, 6.45) is 1.37. The molecule has 5 nitrogen and oxygen atoms in total. The van der Waals surface area contributed by atoms with Crippen LogP contribution in [-0.2, 0) is 9.59 Å². The lowest BCUT2D eigenvalue weighted by Gasteiger charge is -2.46. The third-order valence-corrected chi connectivity index (χ3v) is 5.32. The Morgan fingerprint density at radius 2 is 2.08 bits per heavy atom. The van der Waals surface area contributed by atoms with E-state index >= 15 is 0 Å². The molecule has 2 heterocycles. The van der Waals surface area contributed by atoms with Crippen LogP contribution in [0, 0.1) is 11.7 Å². The molecule has 1 spiro atoms. The monoisotopic (exact) mass is 347 g/mol. The molecular formula is C19H26FN3O2. The van der Waals surface area contributed by atoms with Gasteiger partial charge in [-0.3, -0.25) is 14.5 Å². The van der Waals surface area contributed by atoms with Gasteiger partial charge in [0, 0.05) is 31.7 Å². The van der Waals surface area contributed by atoms with Gasteiger partial charge >= 0.3 is 0 Å². The van der Waals surface area contributed by atoms with Gasteiger partial charge in [0.15, 0.2) is 0 Å². The fourth-order valence-corrected chi connectivity index (χ4v) is 3.83. The largest absolute Gasteiger partial charge is 0.341 e. The van der Waals surface area contributed by atoms with E-state index < -0.39 is 0 Å². The van der Waals surface area contributed by atoms with Crippen LogP contribution in [-0.4, -0.2) is 60.4 Å². The number of hydrogen-bond acceptors (Lipinski definition) is 3. The van der Waals surface area contributed by atoms with Crippen LogP contribution in [0.5, 0.6) is 0 Å². The number of carbonyl (C=O) groups excluding carboxylic acids is 2. The number of halogens is 1. The van der Waals surface area contributed by atoms with Crippen LogP contribution < -0.4 is 4.90 Å². The smallest absolute Gasteiger partial charge is 0.241 e. The summed E-state index contributed by atoms with van der Waals surface area (Å²) in [5.74, 6) is 0.122. The summed E-state index contributed by atoms with van der Waals surface area (Å²) in [4.78, 5) is 30.6. The predicted octanol–water partition coefficient (Wildman–Crippen LogP) is 2.12. The van der Waals surface area contributed by atoms with E-state index in [0.29, 0.717) is 37.7 Å². The van der Waals surface area contributed by atoms with E-state index in [4.69, 9.17) is 0 Å². The lowest BCUT2D eigenvalue weighted by Crippen LogP contribution is -2.64. The molecule has 136 valence electrons. The number of piperazine rings is 1. The van der Waals surface area contributed by atoms with Crippen molar-refractivity contribution in [2.75, 3.05) is 38.1 Å². The molecule has 2 saturated heterocycles. The van der Waals surface area contributed by atoms with Crippen LogP contribution in [0.15, 0.2) is 24.3 Å². The molecule has 1 aromatic rings. The van der Waals surface area contributed by atoms with E-state index in [-0.39, 0.29) is 29.7 Å². The van der Waals surface area contributed by atoms with Gasteiger partial charge in [-0.05, 0) is 37.6 Å². The van der Waals surface area contributed by atoms with Crippen LogP contribution in [0.4, 0.5) is 10.1 Å². The fourth-order valence-electron chi connectivity index (χ4n) is 3.83. The van der Waals surface area contributed by atoms with Crippen molar-refractivity contribution >= 4 is 17.5 Å². The lowest BCUT2D eigenvalue weighted by molar-refractivity contribution is -0.131. The Labute approximate surface area is 148 Å². The molecule has 2 aliphatic rings. The SMILES string of the molecule is CC(C)CC(=O)N1CC[C@]2(C1)CN(c1cccc(F)c1)C(=O)CN2C. The highest BCUT2D eigenvalue weighted by Gasteiger charge is 2.48. The Morgan fingerprint density at radius 1 is 1.32 bits per heavy atom. The van der Waals surface area contributed by atoms with E-state index in [1.54, 1.807) is 17.0 Å². The summed E-state index contributed by atoms with van der Waals surface area (Å²) in [5, 5.41) is 0. The fraction of sp³-hybridized carbons (Fsp3) is 0.579. The zero-order chi connectivity index (χ0) is 18.2. The van der Waals surface area contributed by atoms with Gasteiger partial charge in [0.1, 0.15) is 5.82 Å². The number of benzene rings is 1. The van der Waals surface area contributed by atoms with Crippen molar-refractivity contribution in [3.63, 3.8) is 0 Å². The maximum Gasteiger partial charge on any atom is 0.241 e. The first-order valence-electron chi connectivity index (χ1n) is 8.86. The maximum absolute atomic E-state index is 13.6. The molecule has 0 unspecified atom stereocenters. The van der Waals surface area contributed by atoms with Crippen LogP contribution in [0.1, 0.15) is 26.7 Å². The molecule has 3 rings (SSSR count). The number of carbonyl (C=O) groups is 2. The molecule has 0 bridgehead atoms. The minimum absolute atomic E-state index is 0.0364. The Balaban J connectivity index is 1.79. The first kappa shape index (κ1) is 17.9. The van der Waals surface area contributed by atoms with Crippen LogP contribution in [0.25, 0.3) is 0 Å². The first-order valence-corrected chi connectivity index (χ1v) is 8.86. The van der Waals surface area contributed by atoms with Crippen molar-refractivity contribution in [1.82, 2.24) is 9.80 Å². The van der Waals surface area contributed by atoms with Crippen molar-refractivity contribution in [2.24, 2.45) is 5.92 Å². The van der Waals surface area contributed by atoms with E-state index in [1.807, 2.05) is 25.8 Å². The standard InChI is InChI=1S/C19H26FN3O2/c1-14(2)9-17(24)22-8-7-19(12-22)13-23(18(25)11-21(19)3)16-6-4-5-15(20)10-16/h4-6,10,14H,7-9,11-13H2,1-3H3/t19-/m0/s1. The van der Waals surface area contributed by atoms with E-state index in [9.17, 15) is 14.0 Å². The molecule has 0 radical (unpaired) electrons. The van der Waals surface area contributed by atoms with Crippen LogP contribution in [0.3, 0.4) is 0 Å². The molecule has 2 amide bonds. The van der Waals surface area contributed by atoms with Gasteiger partial charge < -0.3 is 9.80 Å². The van der Waals surface area contributed by atoms with E-state index in [0.717, 1.165) is 6.42 Å². The summed E-state index contributed by atoms with van der Waals surface area (Å²) in [6.45, 7) is 6.18. The number of likely N-dealkylation sites (tertiary alicyclic amines) is 1. The van der Waals surface area contributed by atoms with Gasteiger partial charge in [0.2, 0.25) is 11.8 Å². The van der Waals surface area contributed by atoms with Crippen LogP contribution in [0.2, 0.25) is 0 Å². The normalized spacial score (nSPS) is 24.6.